The minimum atomic E-state index is -3.88. The van der Waals surface area contributed by atoms with Crippen LogP contribution in [-0.4, -0.2) is 20.2 Å². The minimum absolute atomic E-state index is 0.114. The predicted molar refractivity (Wildman–Crippen MR) is 63.9 cm³/mol. The summed E-state index contributed by atoms with van der Waals surface area (Å²) in [7, 11) is -3.88. The van der Waals surface area contributed by atoms with Crippen molar-refractivity contribution in [1.29, 1.82) is 0 Å². The van der Waals surface area contributed by atoms with E-state index in [9.17, 15) is 22.0 Å². The zero-order chi connectivity index (χ0) is 14.0. The molecule has 0 aromatic heterocycles. The molecule has 0 radical (unpaired) electrons. The third-order valence-electron chi connectivity index (χ3n) is 3.07. The molecule has 1 N–H and O–H groups in total. The summed E-state index contributed by atoms with van der Waals surface area (Å²) in [4.78, 5) is 10.7. The Labute approximate surface area is 109 Å². The molecule has 0 unspecified atom stereocenters. The molecule has 0 heterocycles. The van der Waals surface area contributed by atoms with Gasteiger partial charge in [0.2, 0.25) is 10.0 Å². The first-order chi connectivity index (χ1) is 8.88. The van der Waals surface area contributed by atoms with E-state index in [4.69, 9.17) is 0 Å². The minimum Gasteiger partial charge on any atom is -0.300 e. The van der Waals surface area contributed by atoms with E-state index in [1.165, 1.54) is 0 Å². The van der Waals surface area contributed by atoms with Gasteiger partial charge < -0.3 is 0 Å². The van der Waals surface area contributed by atoms with Crippen LogP contribution in [0.5, 0.6) is 0 Å². The molecule has 1 aliphatic carbocycles. The van der Waals surface area contributed by atoms with E-state index < -0.39 is 21.7 Å². The number of hydrogen-bond acceptors (Lipinski definition) is 3. The van der Waals surface area contributed by atoms with Gasteiger partial charge in [0.25, 0.3) is 0 Å². The highest BCUT2D eigenvalue weighted by atomic mass is 32.2. The highest BCUT2D eigenvalue weighted by Crippen LogP contribution is 2.19. The Morgan fingerprint density at radius 1 is 1.11 bits per heavy atom. The molecule has 7 heteroatoms. The van der Waals surface area contributed by atoms with Gasteiger partial charge in [0.15, 0.2) is 11.6 Å². The van der Waals surface area contributed by atoms with Crippen molar-refractivity contribution in [3.63, 3.8) is 0 Å². The number of carbonyl (C=O) groups is 1. The molecule has 1 aromatic carbocycles. The molecular formula is C12H13F2NO3S. The first kappa shape index (κ1) is 14.1. The molecule has 0 aliphatic heterocycles. The number of sulfonamides is 1. The van der Waals surface area contributed by atoms with Gasteiger partial charge in [-0.25, -0.2) is 21.9 Å². The van der Waals surface area contributed by atoms with Crippen LogP contribution in [0.15, 0.2) is 23.1 Å². The van der Waals surface area contributed by atoms with Crippen LogP contribution in [0.2, 0.25) is 0 Å². The average Bonchev–Trinajstić information content (AvgIpc) is 2.35. The van der Waals surface area contributed by atoms with Crippen LogP contribution in [-0.2, 0) is 14.8 Å². The Morgan fingerprint density at radius 2 is 1.74 bits per heavy atom. The standard InChI is InChI=1S/C12H13F2NO3S/c13-11-6-5-10(7-12(11)14)19(17,18)15-8-1-3-9(16)4-2-8/h5-8,15H,1-4H2. The summed E-state index contributed by atoms with van der Waals surface area (Å²) in [6.07, 6.45) is 1.54. The summed E-state index contributed by atoms with van der Waals surface area (Å²) in [6, 6.07) is 2.09. The SMILES string of the molecule is O=C1CCC(NS(=O)(=O)c2ccc(F)c(F)c2)CC1. The van der Waals surface area contributed by atoms with Gasteiger partial charge in [-0.05, 0) is 31.0 Å². The maximum Gasteiger partial charge on any atom is 0.240 e. The Kier molecular flexibility index (Phi) is 3.96. The fraction of sp³-hybridized carbons (Fsp3) is 0.417. The van der Waals surface area contributed by atoms with Crippen molar-refractivity contribution in [1.82, 2.24) is 4.72 Å². The highest BCUT2D eigenvalue weighted by molar-refractivity contribution is 7.89. The van der Waals surface area contributed by atoms with Gasteiger partial charge in [0.05, 0.1) is 4.90 Å². The topological polar surface area (TPSA) is 63.2 Å². The van der Waals surface area contributed by atoms with E-state index in [1.54, 1.807) is 0 Å². The monoisotopic (exact) mass is 289 g/mol. The van der Waals surface area contributed by atoms with Crippen molar-refractivity contribution in [2.24, 2.45) is 0 Å². The van der Waals surface area contributed by atoms with E-state index in [-0.39, 0.29) is 16.7 Å². The highest BCUT2D eigenvalue weighted by Gasteiger charge is 2.25. The second-order valence-corrected chi connectivity index (χ2v) is 6.22. The zero-order valence-corrected chi connectivity index (χ0v) is 10.8. The molecule has 0 saturated heterocycles. The summed E-state index contributed by atoms with van der Waals surface area (Å²) in [5.41, 5.74) is 0. The zero-order valence-electron chi connectivity index (χ0n) is 10.0. The van der Waals surface area contributed by atoms with Gasteiger partial charge in [0.1, 0.15) is 5.78 Å². The molecule has 104 valence electrons. The van der Waals surface area contributed by atoms with E-state index >= 15 is 0 Å². The second kappa shape index (κ2) is 5.34. The largest absolute Gasteiger partial charge is 0.300 e. The van der Waals surface area contributed by atoms with Crippen molar-refractivity contribution in [2.75, 3.05) is 0 Å². The number of halogens is 2. The number of benzene rings is 1. The Bertz CT molecular complexity index is 591. The number of Topliss-reactive ketones (excluding diaryl/α,β-unsaturated/α-hetero) is 1. The maximum atomic E-state index is 13.0. The number of hydrogen-bond donors (Lipinski definition) is 1. The van der Waals surface area contributed by atoms with Gasteiger partial charge in [0, 0.05) is 18.9 Å². The maximum absolute atomic E-state index is 13.0. The van der Waals surface area contributed by atoms with Crippen LogP contribution in [0.3, 0.4) is 0 Å². The molecule has 0 atom stereocenters. The summed E-state index contributed by atoms with van der Waals surface area (Å²) in [5.74, 6) is -2.19. The van der Waals surface area contributed by atoms with Gasteiger partial charge in [-0.1, -0.05) is 0 Å². The lowest BCUT2D eigenvalue weighted by Crippen LogP contribution is -2.37. The fourth-order valence-corrected chi connectivity index (χ4v) is 3.31. The van der Waals surface area contributed by atoms with E-state index in [2.05, 4.69) is 4.72 Å². The summed E-state index contributed by atoms with van der Waals surface area (Å²) >= 11 is 0. The second-order valence-electron chi connectivity index (χ2n) is 4.51. The van der Waals surface area contributed by atoms with Gasteiger partial charge >= 0.3 is 0 Å². The van der Waals surface area contributed by atoms with Crippen LogP contribution in [0.25, 0.3) is 0 Å². The Morgan fingerprint density at radius 3 is 2.32 bits per heavy atom. The van der Waals surface area contributed by atoms with Crippen LogP contribution >= 0.6 is 0 Å². The molecule has 4 nitrogen and oxygen atoms in total. The van der Waals surface area contributed by atoms with Crippen molar-refractivity contribution in [2.45, 2.75) is 36.6 Å². The Balaban J connectivity index is 2.13. The van der Waals surface area contributed by atoms with Crippen LogP contribution in [0, 0.1) is 11.6 Å². The van der Waals surface area contributed by atoms with E-state index in [0.29, 0.717) is 31.7 Å². The lowest BCUT2D eigenvalue weighted by atomic mass is 9.95. The van der Waals surface area contributed by atoms with E-state index in [0.717, 1.165) is 12.1 Å². The quantitative estimate of drug-likeness (QED) is 0.922. The number of carbonyl (C=O) groups excluding carboxylic acids is 1. The third-order valence-corrected chi connectivity index (χ3v) is 4.58. The van der Waals surface area contributed by atoms with Crippen molar-refractivity contribution in [3.05, 3.63) is 29.8 Å². The molecule has 2 rings (SSSR count). The molecular weight excluding hydrogens is 276 g/mol. The van der Waals surface area contributed by atoms with Gasteiger partial charge in [-0.2, -0.15) is 0 Å². The van der Waals surface area contributed by atoms with Crippen LogP contribution in [0.1, 0.15) is 25.7 Å². The predicted octanol–water partition coefficient (Wildman–Crippen LogP) is 1.75. The fourth-order valence-electron chi connectivity index (χ4n) is 1.99. The van der Waals surface area contributed by atoms with Crippen LogP contribution in [0.4, 0.5) is 8.78 Å². The first-order valence-corrected chi connectivity index (χ1v) is 7.36. The van der Waals surface area contributed by atoms with Crippen molar-refractivity contribution >= 4 is 15.8 Å². The number of ketones is 1. The normalized spacial score (nSPS) is 17.7. The average molecular weight is 289 g/mol. The molecule has 0 bridgehead atoms. The molecule has 19 heavy (non-hydrogen) atoms. The third kappa shape index (κ3) is 3.36. The molecule has 0 spiro atoms. The van der Waals surface area contributed by atoms with Gasteiger partial charge in [-0.3, -0.25) is 4.79 Å². The molecule has 1 saturated carbocycles. The van der Waals surface area contributed by atoms with Crippen molar-refractivity contribution < 1.29 is 22.0 Å². The van der Waals surface area contributed by atoms with Gasteiger partial charge in [-0.15, -0.1) is 0 Å². The van der Waals surface area contributed by atoms with Crippen molar-refractivity contribution in [3.8, 4) is 0 Å². The molecule has 1 fully saturated rings. The van der Waals surface area contributed by atoms with Crippen LogP contribution < -0.4 is 4.72 Å². The lowest BCUT2D eigenvalue weighted by Gasteiger charge is -2.22. The first-order valence-electron chi connectivity index (χ1n) is 5.87. The number of nitrogens with one attached hydrogen (secondary N) is 1. The lowest BCUT2D eigenvalue weighted by molar-refractivity contribution is -0.120. The summed E-state index contributed by atoms with van der Waals surface area (Å²) in [5, 5.41) is 0. The van der Waals surface area contributed by atoms with E-state index in [1.807, 2.05) is 0 Å². The summed E-state index contributed by atoms with van der Waals surface area (Å²) < 4.78 is 52.1. The Hall–Kier alpha value is -1.34. The summed E-state index contributed by atoms with van der Waals surface area (Å²) in [6.45, 7) is 0. The molecule has 1 aliphatic rings. The number of rotatable bonds is 3. The smallest absolute Gasteiger partial charge is 0.240 e. The molecule has 0 amide bonds. The molecule has 1 aromatic rings.